The summed E-state index contributed by atoms with van der Waals surface area (Å²) in [5.74, 6) is 7.50. The van der Waals surface area contributed by atoms with Crippen molar-refractivity contribution in [3.63, 3.8) is 0 Å². The van der Waals surface area contributed by atoms with Crippen molar-refractivity contribution in [2.24, 2.45) is 17.7 Å². The lowest BCUT2D eigenvalue weighted by atomic mass is 9.82. The maximum absolute atomic E-state index is 12.6. The molecule has 0 bridgehead atoms. The fourth-order valence-electron chi connectivity index (χ4n) is 4.14. The van der Waals surface area contributed by atoms with Crippen molar-refractivity contribution in [1.29, 1.82) is 0 Å². The number of fused-ring (bicyclic) bond motifs is 1. The monoisotopic (exact) mass is 508 g/mol. The number of nitrogen functional groups attached to an aromatic ring is 1. The van der Waals surface area contributed by atoms with Crippen molar-refractivity contribution in [2.45, 2.75) is 30.6 Å². The van der Waals surface area contributed by atoms with Crippen LogP contribution in [0.2, 0.25) is 10.0 Å². The van der Waals surface area contributed by atoms with Crippen LogP contribution in [0.15, 0.2) is 47.4 Å². The standard InChI is InChI=1S/C22H26Cl2N6O2S/c23-16-9-17(24)11-18(10-16)33(31,32)27-13-15-7-5-14(6-8-15)12-26-22-28-20-4-2-1-3-19(20)21(29-22)30-25/h1-4,9-11,14-15,27H,5-8,12-13,25H2,(H2,26,28,29,30)/t14-,15-. The number of anilines is 2. The van der Waals surface area contributed by atoms with Crippen LogP contribution in [0.5, 0.6) is 0 Å². The molecule has 1 fully saturated rings. The second-order valence-corrected chi connectivity index (χ2v) is 10.9. The van der Waals surface area contributed by atoms with E-state index in [2.05, 4.69) is 25.4 Å². The number of sulfonamides is 1. The third-order valence-electron chi connectivity index (χ3n) is 5.96. The summed E-state index contributed by atoms with van der Waals surface area (Å²) in [6, 6.07) is 12.0. The molecule has 0 atom stereocenters. The van der Waals surface area contributed by atoms with Crippen molar-refractivity contribution < 1.29 is 8.42 Å². The van der Waals surface area contributed by atoms with Gasteiger partial charge in [0.25, 0.3) is 0 Å². The molecule has 0 aliphatic heterocycles. The highest BCUT2D eigenvalue weighted by Gasteiger charge is 2.24. The lowest BCUT2D eigenvalue weighted by Crippen LogP contribution is -2.32. The van der Waals surface area contributed by atoms with Gasteiger partial charge in [-0.2, -0.15) is 4.98 Å². The largest absolute Gasteiger partial charge is 0.354 e. The average molecular weight is 509 g/mol. The average Bonchev–Trinajstić information content (AvgIpc) is 2.81. The fourth-order valence-corrected chi connectivity index (χ4v) is 5.98. The van der Waals surface area contributed by atoms with Crippen LogP contribution >= 0.6 is 23.2 Å². The summed E-state index contributed by atoms with van der Waals surface area (Å²) >= 11 is 11.9. The highest BCUT2D eigenvalue weighted by molar-refractivity contribution is 7.89. The molecule has 0 amide bonds. The van der Waals surface area contributed by atoms with E-state index in [0.29, 0.717) is 34.3 Å². The molecule has 1 saturated carbocycles. The molecule has 1 aliphatic rings. The van der Waals surface area contributed by atoms with Gasteiger partial charge in [0.15, 0.2) is 5.82 Å². The van der Waals surface area contributed by atoms with Gasteiger partial charge in [-0.3, -0.25) is 0 Å². The van der Waals surface area contributed by atoms with Gasteiger partial charge in [-0.15, -0.1) is 0 Å². The molecule has 3 aromatic rings. The van der Waals surface area contributed by atoms with Crippen LogP contribution in [0.1, 0.15) is 25.7 Å². The lowest BCUT2D eigenvalue weighted by molar-refractivity contribution is 0.284. The van der Waals surface area contributed by atoms with Gasteiger partial charge in [0.2, 0.25) is 16.0 Å². The summed E-state index contributed by atoms with van der Waals surface area (Å²) in [6.45, 7) is 1.15. The molecule has 1 aliphatic carbocycles. The number of hydrogen-bond donors (Lipinski definition) is 4. The minimum Gasteiger partial charge on any atom is -0.354 e. The summed E-state index contributed by atoms with van der Waals surface area (Å²) < 4.78 is 27.9. The maximum Gasteiger partial charge on any atom is 0.240 e. The van der Waals surface area contributed by atoms with E-state index in [1.807, 2.05) is 24.3 Å². The summed E-state index contributed by atoms with van der Waals surface area (Å²) in [4.78, 5) is 9.11. The Morgan fingerprint density at radius 2 is 1.58 bits per heavy atom. The van der Waals surface area contributed by atoms with Crippen molar-refractivity contribution in [3.8, 4) is 0 Å². The maximum atomic E-state index is 12.6. The number of nitrogens with one attached hydrogen (secondary N) is 3. The fraction of sp³-hybridized carbons (Fsp3) is 0.364. The number of halogens is 2. The number of hydrogen-bond acceptors (Lipinski definition) is 7. The Kier molecular flexibility index (Phi) is 7.55. The van der Waals surface area contributed by atoms with E-state index in [9.17, 15) is 8.42 Å². The predicted molar refractivity (Wildman–Crippen MR) is 133 cm³/mol. The third-order valence-corrected chi connectivity index (χ3v) is 7.80. The van der Waals surface area contributed by atoms with E-state index >= 15 is 0 Å². The Morgan fingerprint density at radius 1 is 0.939 bits per heavy atom. The Balaban J connectivity index is 1.28. The topological polar surface area (TPSA) is 122 Å². The van der Waals surface area contributed by atoms with Gasteiger partial charge in [-0.05, 0) is 67.9 Å². The highest BCUT2D eigenvalue weighted by atomic mass is 35.5. The highest BCUT2D eigenvalue weighted by Crippen LogP contribution is 2.30. The van der Waals surface area contributed by atoms with Crippen LogP contribution < -0.4 is 21.3 Å². The van der Waals surface area contributed by atoms with E-state index in [4.69, 9.17) is 29.0 Å². The molecule has 0 saturated heterocycles. The van der Waals surface area contributed by atoms with Crippen LogP contribution in [0.4, 0.5) is 11.8 Å². The zero-order valence-corrected chi connectivity index (χ0v) is 20.2. The molecule has 176 valence electrons. The zero-order chi connectivity index (χ0) is 23.4. The Morgan fingerprint density at radius 3 is 2.24 bits per heavy atom. The van der Waals surface area contributed by atoms with Gasteiger partial charge in [0.1, 0.15) is 0 Å². The van der Waals surface area contributed by atoms with E-state index in [1.54, 1.807) is 0 Å². The smallest absolute Gasteiger partial charge is 0.240 e. The first kappa shape index (κ1) is 24.0. The normalized spacial score (nSPS) is 18.9. The Bertz CT molecular complexity index is 1210. The minimum absolute atomic E-state index is 0.0830. The van der Waals surface area contributed by atoms with Crippen molar-refractivity contribution >= 4 is 55.9 Å². The van der Waals surface area contributed by atoms with Crippen molar-refractivity contribution in [2.75, 3.05) is 23.8 Å². The Labute approximate surface area is 203 Å². The third kappa shape index (κ3) is 6.04. The van der Waals surface area contributed by atoms with Crippen molar-refractivity contribution in [1.82, 2.24) is 14.7 Å². The van der Waals surface area contributed by atoms with Gasteiger partial charge in [0, 0.05) is 28.5 Å². The second kappa shape index (κ2) is 10.4. The number of benzene rings is 2. The van der Waals surface area contributed by atoms with E-state index in [1.165, 1.54) is 18.2 Å². The molecule has 2 aromatic carbocycles. The number of hydrazine groups is 1. The zero-order valence-electron chi connectivity index (χ0n) is 17.9. The van der Waals surface area contributed by atoms with Gasteiger partial charge in [-0.1, -0.05) is 35.3 Å². The van der Waals surface area contributed by atoms with E-state index < -0.39 is 10.0 Å². The summed E-state index contributed by atoms with van der Waals surface area (Å²) in [5, 5.41) is 4.78. The van der Waals surface area contributed by atoms with Crippen LogP contribution in [0.25, 0.3) is 10.9 Å². The molecule has 33 heavy (non-hydrogen) atoms. The first-order valence-electron chi connectivity index (χ1n) is 10.8. The summed E-state index contributed by atoms with van der Waals surface area (Å²) in [6.07, 6.45) is 3.88. The summed E-state index contributed by atoms with van der Waals surface area (Å²) in [5.41, 5.74) is 3.46. The molecule has 8 nitrogen and oxygen atoms in total. The molecule has 0 unspecified atom stereocenters. The van der Waals surface area contributed by atoms with E-state index in [-0.39, 0.29) is 10.8 Å². The van der Waals surface area contributed by atoms with Gasteiger partial charge < -0.3 is 10.7 Å². The van der Waals surface area contributed by atoms with Gasteiger partial charge >= 0.3 is 0 Å². The second-order valence-electron chi connectivity index (χ2n) is 8.28. The van der Waals surface area contributed by atoms with Crippen LogP contribution in [-0.2, 0) is 10.0 Å². The number of nitrogens with zero attached hydrogens (tertiary/aromatic N) is 2. The van der Waals surface area contributed by atoms with E-state index in [0.717, 1.165) is 43.1 Å². The molecule has 4 rings (SSSR count). The van der Waals surface area contributed by atoms with Gasteiger partial charge in [0.05, 0.1) is 10.4 Å². The lowest BCUT2D eigenvalue weighted by Gasteiger charge is -2.28. The minimum atomic E-state index is -3.65. The van der Waals surface area contributed by atoms with Crippen molar-refractivity contribution in [3.05, 3.63) is 52.5 Å². The molecule has 0 radical (unpaired) electrons. The van der Waals surface area contributed by atoms with Gasteiger partial charge in [-0.25, -0.2) is 24.0 Å². The molecular weight excluding hydrogens is 483 g/mol. The predicted octanol–water partition coefficient (Wildman–Crippen LogP) is 4.42. The molecule has 0 spiro atoms. The van der Waals surface area contributed by atoms with Crippen LogP contribution in [-0.4, -0.2) is 31.5 Å². The molecule has 5 N–H and O–H groups in total. The Hall–Kier alpha value is -2.17. The van der Waals surface area contributed by atoms with Crippen LogP contribution in [0, 0.1) is 11.8 Å². The number of rotatable bonds is 8. The quantitative estimate of drug-likeness (QED) is 0.262. The SMILES string of the molecule is NNc1nc(NC[C@H]2CC[C@H](CNS(=O)(=O)c3cc(Cl)cc(Cl)c3)CC2)nc2ccccc12. The molecule has 1 heterocycles. The van der Waals surface area contributed by atoms with Crippen LogP contribution in [0.3, 0.4) is 0 Å². The first-order chi connectivity index (χ1) is 15.8. The first-order valence-corrected chi connectivity index (χ1v) is 13.0. The number of para-hydroxylation sites is 1. The number of aromatic nitrogens is 2. The number of nitrogens with two attached hydrogens (primary N) is 1. The summed E-state index contributed by atoms with van der Waals surface area (Å²) in [7, 11) is -3.65. The molecule has 11 heteroatoms. The molecule has 1 aromatic heterocycles. The molecular formula is C22H26Cl2N6O2S.